The van der Waals surface area contributed by atoms with Gasteiger partial charge in [-0.15, -0.1) is 5.10 Å². The number of benzene rings is 3. The first kappa shape index (κ1) is 20.7. The Balaban J connectivity index is 1.48. The van der Waals surface area contributed by atoms with Crippen molar-refractivity contribution in [1.82, 2.24) is 24.4 Å². The number of thiazole rings is 1. The standard InChI is InChI=1S/C26H16BrN5OS/c27-20-13-11-18(12-14-20)24-28-26-32(30-24)25(33)22(34-26)15-19-16-31(21-9-5-2-6-10-21)29-23(19)17-7-3-1-4-8-17/h1-16H/b22-15-. The first-order valence-electron chi connectivity index (χ1n) is 10.5. The van der Waals surface area contributed by atoms with E-state index in [-0.39, 0.29) is 5.56 Å². The summed E-state index contributed by atoms with van der Waals surface area (Å²) in [6.07, 6.45) is 3.82. The summed E-state index contributed by atoms with van der Waals surface area (Å²) in [5.41, 5.74) is 4.25. The number of hydrogen-bond acceptors (Lipinski definition) is 5. The van der Waals surface area contributed by atoms with E-state index in [9.17, 15) is 4.79 Å². The normalized spacial score (nSPS) is 12.0. The predicted molar refractivity (Wildman–Crippen MR) is 138 cm³/mol. The Labute approximate surface area is 206 Å². The van der Waals surface area contributed by atoms with Crippen LogP contribution < -0.4 is 10.1 Å². The molecule has 0 aliphatic heterocycles. The molecule has 0 aliphatic rings. The van der Waals surface area contributed by atoms with Crippen LogP contribution >= 0.6 is 27.3 Å². The number of aromatic nitrogens is 5. The molecule has 0 N–H and O–H groups in total. The molecule has 0 unspecified atom stereocenters. The molecule has 0 bridgehead atoms. The first-order chi connectivity index (χ1) is 16.7. The molecule has 3 heterocycles. The van der Waals surface area contributed by atoms with E-state index in [1.807, 2.05) is 102 Å². The number of halogens is 1. The molecule has 0 atom stereocenters. The quantitative estimate of drug-likeness (QED) is 0.325. The van der Waals surface area contributed by atoms with E-state index >= 15 is 0 Å². The van der Waals surface area contributed by atoms with Gasteiger partial charge in [0.15, 0.2) is 5.82 Å². The molecule has 0 amide bonds. The molecule has 0 saturated carbocycles. The number of para-hydroxylation sites is 1. The van der Waals surface area contributed by atoms with Crippen LogP contribution in [0.3, 0.4) is 0 Å². The molecule has 6 aromatic rings. The fraction of sp³-hybridized carbons (Fsp3) is 0. The molecular weight excluding hydrogens is 510 g/mol. The van der Waals surface area contributed by atoms with Gasteiger partial charge in [0.05, 0.1) is 15.9 Å². The van der Waals surface area contributed by atoms with E-state index in [2.05, 4.69) is 26.0 Å². The molecule has 0 aliphatic carbocycles. The van der Waals surface area contributed by atoms with E-state index in [0.717, 1.165) is 32.5 Å². The molecule has 0 fully saturated rings. The van der Waals surface area contributed by atoms with Crippen molar-refractivity contribution >= 4 is 38.3 Å². The van der Waals surface area contributed by atoms with Crippen LogP contribution in [-0.2, 0) is 0 Å². The third kappa shape index (κ3) is 3.76. The van der Waals surface area contributed by atoms with E-state index in [1.54, 1.807) is 0 Å². The van der Waals surface area contributed by atoms with Gasteiger partial charge in [0, 0.05) is 27.4 Å². The molecule has 0 spiro atoms. The topological polar surface area (TPSA) is 65.1 Å². The van der Waals surface area contributed by atoms with E-state index in [4.69, 9.17) is 5.10 Å². The summed E-state index contributed by atoms with van der Waals surface area (Å²) in [5.74, 6) is 0.532. The van der Waals surface area contributed by atoms with Gasteiger partial charge in [0.25, 0.3) is 5.56 Å². The van der Waals surface area contributed by atoms with Gasteiger partial charge in [0.2, 0.25) is 4.96 Å². The van der Waals surface area contributed by atoms with Crippen LogP contribution in [0.5, 0.6) is 0 Å². The van der Waals surface area contributed by atoms with Crippen molar-refractivity contribution in [2.75, 3.05) is 0 Å². The molecular formula is C26H16BrN5OS. The SMILES string of the molecule is O=c1/c(=C/c2cn(-c3ccccc3)nc2-c2ccccc2)sc2nc(-c3ccc(Br)cc3)nn12. The van der Waals surface area contributed by atoms with E-state index in [1.165, 1.54) is 15.9 Å². The second-order valence-corrected chi connectivity index (χ2v) is 9.56. The lowest BCUT2D eigenvalue weighted by Crippen LogP contribution is -2.23. The van der Waals surface area contributed by atoms with Crippen LogP contribution in [0.25, 0.3) is 39.4 Å². The molecule has 3 aromatic carbocycles. The summed E-state index contributed by atoms with van der Waals surface area (Å²) < 4.78 is 4.74. The average Bonchev–Trinajstić information content (AvgIpc) is 3.56. The maximum Gasteiger partial charge on any atom is 0.291 e. The highest BCUT2D eigenvalue weighted by molar-refractivity contribution is 9.10. The minimum absolute atomic E-state index is 0.192. The summed E-state index contributed by atoms with van der Waals surface area (Å²) in [6.45, 7) is 0. The number of rotatable bonds is 4. The van der Waals surface area contributed by atoms with Crippen molar-refractivity contribution in [1.29, 1.82) is 0 Å². The van der Waals surface area contributed by atoms with Crippen molar-refractivity contribution in [3.05, 3.63) is 116 Å². The second-order valence-electron chi connectivity index (χ2n) is 7.63. The summed E-state index contributed by atoms with van der Waals surface area (Å²) in [6, 6.07) is 27.6. The Kier molecular flexibility index (Phi) is 5.16. The van der Waals surface area contributed by atoms with Crippen molar-refractivity contribution in [3.8, 4) is 28.3 Å². The number of nitrogens with zero attached hydrogens (tertiary/aromatic N) is 5. The van der Waals surface area contributed by atoms with Gasteiger partial charge in [-0.1, -0.05) is 87.9 Å². The zero-order valence-electron chi connectivity index (χ0n) is 17.7. The molecule has 8 heteroatoms. The first-order valence-corrected chi connectivity index (χ1v) is 12.1. The fourth-order valence-electron chi connectivity index (χ4n) is 3.72. The number of fused-ring (bicyclic) bond motifs is 1. The highest BCUT2D eigenvalue weighted by Crippen LogP contribution is 2.24. The minimum atomic E-state index is -0.192. The lowest BCUT2D eigenvalue weighted by atomic mass is 10.1. The number of hydrogen-bond donors (Lipinski definition) is 0. The van der Waals surface area contributed by atoms with Crippen LogP contribution in [0, 0.1) is 0 Å². The lowest BCUT2D eigenvalue weighted by molar-refractivity contribution is 0.884. The molecule has 6 nitrogen and oxygen atoms in total. The largest absolute Gasteiger partial charge is 0.291 e. The Morgan fingerprint density at radius 1 is 0.824 bits per heavy atom. The Morgan fingerprint density at radius 3 is 2.24 bits per heavy atom. The van der Waals surface area contributed by atoms with Crippen molar-refractivity contribution in [3.63, 3.8) is 0 Å². The molecule has 6 rings (SSSR count). The van der Waals surface area contributed by atoms with Crippen molar-refractivity contribution in [2.45, 2.75) is 0 Å². The van der Waals surface area contributed by atoms with Crippen molar-refractivity contribution < 1.29 is 0 Å². The zero-order chi connectivity index (χ0) is 23.1. The third-order valence-electron chi connectivity index (χ3n) is 5.38. The van der Waals surface area contributed by atoms with Gasteiger partial charge in [-0.05, 0) is 30.3 Å². The third-order valence-corrected chi connectivity index (χ3v) is 6.87. The second kappa shape index (κ2) is 8.48. The van der Waals surface area contributed by atoms with Crippen LogP contribution in [0.15, 0.2) is 100 Å². The van der Waals surface area contributed by atoms with Crippen LogP contribution in [-0.4, -0.2) is 24.4 Å². The molecule has 0 saturated heterocycles. The van der Waals surface area contributed by atoms with Crippen LogP contribution in [0.2, 0.25) is 0 Å². The van der Waals surface area contributed by atoms with Gasteiger partial charge < -0.3 is 0 Å². The van der Waals surface area contributed by atoms with Gasteiger partial charge in [-0.2, -0.15) is 14.6 Å². The van der Waals surface area contributed by atoms with Gasteiger partial charge in [0.1, 0.15) is 0 Å². The summed E-state index contributed by atoms with van der Waals surface area (Å²) in [7, 11) is 0. The Hall–Kier alpha value is -3.88. The maximum atomic E-state index is 13.2. The minimum Gasteiger partial charge on any atom is -0.266 e. The monoisotopic (exact) mass is 525 g/mol. The Morgan fingerprint density at radius 2 is 1.53 bits per heavy atom. The summed E-state index contributed by atoms with van der Waals surface area (Å²) in [4.78, 5) is 18.3. The molecule has 164 valence electrons. The highest BCUT2D eigenvalue weighted by Gasteiger charge is 2.15. The zero-order valence-corrected chi connectivity index (χ0v) is 20.1. The van der Waals surface area contributed by atoms with Gasteiger partial charge in [-0.3, -0.25) is 4.79 Å². The van der Waals surface area contributed by atoms with Gasteiger partial charge >= 0.3 is 0 Å². The lowest BCUT2D eigenvalue weighted by Gasteiger charge is -2.00. The van der Waals surface area contributed by atoms with E-state index < -0.39 is 0 Å². The van der Waals surface area contributed by atoms with Gasteiger partial charge in [-0.25, -0.2) is 4.68 Å². The highest BCUT2D eigenvalue weighted by atomic mass is 79.9. The van der Waals surface area contributed by atoms with Crippen LogP contribution in [0.1, 0.15) is 5.56 Å². The average molecular weight is 526 g/mol. The maximum absolute atomic E-state index is 13.2. The van der Waals surface area contributed by atoms with Crippen LogP contribution in [0.4, 0.5) is 0 Å². The Bertz CT molecular complexity index is 1720. The predicted octanol–water partition coefficient (Wildman–Crippen LogP) is 4.98. The van der Waals surface area contributed by atoms with E-state index in [0.29, 0.717) is 15.3 Å². The van der Waals surface area contributed by atoms with Crippen molar-refractivity contribution in [2.24, 2.45) is 0 Å². The molecule has 3 aromatic heterocycles. The fourth-order valence-corrected chi connectivity index (χ4v) is 4.89. The molecule has 0 radical (unpaired) electrons. The summed E-state index contributed by atoms with van der Waals surface area (Å²) in [5, 5.41) is 9.28. The summed E-state index contributed by atoms with van der Waals surface area (Å²) >= 11 is 4.75. The molecule has 34 heavy (non-hydrogen) atoms. The smallest absolute Gasteiger partial charge is 0.266 e.